The Kier molecular flexibility index (Phi) is 6.71. The summed E-state index contributed by atoms with van der Waals surface area (Å²) in [6, 6.07) is 66.4. The van der Waals surface area contributed by atoms with Crippen molar-refractivity contribution in [2.75, 3.05) is 14.7 Å². The van der Waals surface area contributed by atoms with Gasteiger partial charge in [-0.3, -0.25) is 4.98 Å². The summed E-state index contributed by atoms with van der Waals surface area (Å²) in [7, 11) is 0. The quantitative estimate of drug-likeness (QED) is 0.181. The predicted molar refractivity (Wildman–Crippen MR) is 224 cm³/mol. The normalized spacial score (nSPS) is 13.5. The Balaban J connectivity index is 1.36. The van der Waals surface area contributed by atoms with Crippen LogP contribution in [0, 0.1) is 0 Å². The average molecular weight is 674 g/mol. The van der Waals surface area contributed by atoms with E-state index in [1.807, 2.05) is 12.4 Å². The van der Waals surface area contributed by atoms with Gasteiger partial charge in [-0.15, -0.1) is 0 Å². The molecule has 0 N–H and O–H groups in total. The lowest BCUT2D eigenvalue weighted by molar-refractivity contribution is 1.21. The molecule has 11 rings (SSSR count). The Morgan fingerprint density at radius 2 is 0.792 bits per heavy atom. The van der Waals surface area contributed by atoms with Crippen molar-refractivity contribution in [3.63, 3.8) is 0 Å². The summed E-state index contributed by atoms with van der Waals surface area (Å²) in [4.78, 5) is 12.2. The van der Waals surface area contributed by atoms with Gasteiger partial charge in [0, 0.05) is 51.7 Å². The zero-order valence-electron chi connectivity index (χ0n) is 28.9. The highest BCUT2D eigenvalue weighted by molar-refractivity contribution is 7.03. The number of fused-ring (bicyclic) bond motifs is 7. The molecular weight excluding hydrogens is 642 g/mol. The first-order valence-electron chi connectivity index (χ1n) is 18.3. The Morgan fingerprint density at radius 3 is 1.32 bits per heavy atom. The predicted octanol–water partition coefficient (Wildman–Crippen LogP) is 7.46. The van der Waals surface area contributed by atoms with Crippen LogP contribution in [0.3, 0.4) is 0 Å². The molecular formula is C47H32B2N4. The molecule has 0 aliphatic carbocycles. The third-order valence-electron chi connectivity index (χ3n) is 11.2. The highest BCUT2D eigenvalue weighted by atomic mass is 15.2. The molecule has 0 unspecified atom stereocenters. The first kappa shape index (κ1) is 29.9. The number of nitrogens with zero attached hydrogens (tertiary/aromatic N) is 4. The van der Waals surface area contributed by atoms with Gasteiger partial charge in [0.1, 0.15) is 0 Å². The third-order valence-corrected chi connectivity index (χ3v) is 11.2. The second-order valence-corrected chi connectivity index (χ2v) is 13.9. The number of anilines is 9. The first-order valence-corrected chi connectivity index (χ1v) is 18.3. The van der Waals surface area contributed by atoms with Gasteiger partial charge in [-0.05, 0) is 88.0 Å². The fourth-order valence-corrected chi connectivity index (χ4v) is 9.13. The van der Waals surface area contributed by atoms with E-state index >= 15 is 0 Å². The van der Waals surface area contributed by atoms with Crippen molar-refractivity contribution < 1.29 is 0 Å². The molecule has 0 spiro atoms. The molecule has 4 heterocycles. The largest absolute Gasteiger partial charge is 0.311 e. The number of hydrogen-bond acceptors (Lipinski definition) is 4. The molecule has 8 aromatic rings. The minimum Gasteiger partial charge on any atom is -0.311 e. The number of benzene rings is 7. The molecule has 7 aromatic carbocycles. The fourth-order valence-electron chi connectivity index (χ4n) is 9.13. The van der Waals surface area contributed by atoms with Crippen LogP contribution in [0.15, 0.2) is 194 Å². The van der Waals surface area contributed by atoms with Gasteiger partial charge in [0.25, 0.3) is 6.71 Å². The van der Waals surface area contributed by atoms with Gasteiger partial charge in [0.2, 0.25) is 6.71 Å². The van der Waals surface area contributed by atoms with Crippen LogP contribution in [0.2, 0.25) is 0 Å². The fraction of sp³-hybridized carbons (Fsp3) is 0. The summed E-state index contributed by atoms with van der Waals surface area (Å²) in [6.45, 7) is -0.0144. The van der Waals surface area contributed by atoms with Crippen LogP contribution in [0.25, 0.3) is 0 Å². The summed E-state index contributed by atoms with van der Waals surface area (Å²) < 4.78 is 0. The van der Waals surface area contributed by atoms with E-state index in [1.54, 1.807) is 0 Å². The smallest absolute Gasteiger partial charge is 0.252 e. The summed E-state index contributed by atoms with van der Waals surface area (Å²) in [5.74, 6) is 0. The molecule has 0 amide bonds. The van der Waals surface area contributed by atoms with Crippen molar-refractivity contribution in [1.29, 1.82) is 0 Å². The highest BCUT2D eigenvalue weighted by Crippen LogP contribution is 2.48. The molecule has 0 saturated carbocycles. The van der Waals surface area contributed by atoms with Crippen LogP contribution >= 0.6 is 0 Å². The van der Waals surface area contributed by atoms with E-state index in [2.05, 4.69) is 197 Å². The lowest BCUT2D eigenvalue weighted by Crippen LogP contribution is -2.66. The van der Waals surface area contributed by atoms with Crippen LogP contribution in [-0.4, -0.2) is 18.4 Å². The minimum absolute atomic E-state index is 0.0179. The Bertz CT molecular complexity index is 2640. The second kappa shape index (κ2) is 11.9. The topological polar surface area (TPSA) is 22.6 Å². The number of rotatable bonds is 4. The standard InChI is InChI=1S/C47H32B2N4/c1-4-17-33(18-5-1)48-37-24-10-13-27-40(37)51(34-19-6-2-7-20-34)43-31-44-46-47(45(43)48)53(36-23-16-30-50-32-36)42-29-15-12-26-39(42)49(46)38-25-11-14-28-41(38)52(44)35-21-8-3-9-22-35/h1-32H. The second-order valence-electron chi connectivity index (χ2n) is 13.9. The monoisotopic (exact) mass is 674 g/mol. The van der Waals surface area contributed by atoms with Crippen molar-refractivity contribution in [3.05, 3.63) is 194 Å². The van der Waals surface area contributed by atoms with Crippen LogP contribution in [0.1, 0.15) is 0 Å². The van der Waals surface area contributed by atoms with Gasteiger partial charge in [0.05, 0.1) is 11.9 Å². The summed E-state index contributed by atoms with van der Waals surface area (Å²) in [5.41, 5.74) is 18.2. The molecule has 3 aliphatic rings. The zero-order chi connectivity index (χ0) is 34.9. The molecule has 4 nitrogen and oxygen atoms in total. The van der Waals surface area contributed by atoms with Crippen molar-refractivity contribution in [1.82, 2.24) is 4.98 Å². The Morgan fingerprint density at radius 1 is 0.358 bits per heavy atom. The summed E-state index contributed by atoms with van der Waals surface area (Å²) >= 11 is 0. The Hall–Kier alpha value is -6.78. The van der Waals surface area contributed by atoms with Gasteiger partial charge in [0.15, 0.2) is 0 Å². The van der Waals surface area contributed by atoms with Gasteiger partial charge in [-0.25, -0.2) is 0 Å². The van der Waals surface area contributed by atoms with E-state index in [4.69, 9.17) is 4.98 Å². The molecule has 246 valence electrons. The zero-order valence-corrected chi connectivity index (χ0v) is 28.9. The van der Waals surface area contributed by atoms with Gasteiger partial charge in [-0.1, -0.05) is 127 Å². The molecule has 0 radical (unpaired) electrons. The van der Waals surface area contributed by atoms with E-state index in [-0.39, 0.29) is 13.4 Å². The van der Waals surface area contributed by atoms with E-state index in [9.17, 15) is 0 Å². The Labute approximate surface area is 310 Å². The number of para-hydroxylation sites is 5. The van der Waals surface area contributed by atoms with Crippen molar-refractivity contribution in [3.8, 4) is 0 Å². The highest BCUT2D eigenvalue weighted by Gasteiger charge is 2.48. The molecule has 3 aliphatic heterocycles. The van der Waals surface area contributed by atoms with Crippen LogP contribution < -0.4 is 47.5 Å². The molecule has 0 atom stereocenters. The number of hydrogen-bond donors (Lipinski definition) is 0. The van der Waals surface area contributed by atoms with E-state index in [0.717, 1.165) is 17.1 Å². The molecule has 1 aromatic heterocycles. The maximum Gasteiger partial charge on any atom is 0.252 e. The molecule has 6 heteroatoms. The van der Waals surface area contributed by atoms with Crippen molar-refractivity contribution in [2.45, 2.75) is 0 Å². The number of aromatic nitrogens is 1. The van der Waals surface area contributed by atoms with E-state index < -0.39 is 0 Å². The van der Waals surface area contributed by atoms with Crippen LogP contribution in [-0.2, 0) is 0 Å². The summed E-state index contributed by atoms with van der Waals surface area (Å²) in [5, 5.41) is 0. The SMILES string of the molecule is c1ccc(B2c3ccccc3N(c3ccccc3)c3cc4c5c(c32)N(c2cccnc2)c2ccccc2B5c2ccccc2N4c2ccccc2)cc1. The first-order chi connectivity index (χ1) is 26.4. The molecule has 0 fully saturated rings. The van der Waals surface area contributed by atoms with Crippen LogP contribution in [0.4, 0.5) is 51.2 Å². The molecule has 0 bridgehead atoms. The van der Waals surface area contributed by atoms with Crippen molar-refractivity contribution in [2.24, 2.45) is 0 Å². The van der Waals surface area contributed by atoms with Gasteiger partial charge < -0.3 is 14.7 Å². The lowest BCUT2D eigenvalue weighted by atomic mass is 9.30. The van der Waals surface area contributed by atoms with E-state index in [0.29, 0.717) is 0 Å². The maximum absolute atomic E-state index is 4.71. The van der Waals surface area contributed by atoms with Crippen LogP contribution in [0.5, 0.6) is 0 Å². The lowest BCUT2D eigenvalue weighted by Gasteiger charge is -2.48. The van der Waals surface area contributed by atoms with Gasteiger partial charge >= 0.3 is 0 Å². The third kappa shape index (κ3) is 4.42. The van der Waals surface area contributed by atoms with Gasteiger partial charge in [-0.2, -0.15) is 0 Å². The van der Waals surface area contributed by atoms with Crippen molar-refractivity contribution >= 4 is 97.4 Å². The minimum atomic E-state index is -0.0323. The number of pyridine rings is 1. The molecule has 53 heavy (non-hydrogen) atoms. The summed E-state index contributed by atoms with van der Waals surface area (Å²) in [6.07, 6.45) is 3.88. The maximum atomic E-state index is 4.71. The molecule has 0 saturated heterocycles. The average Bonchev–Trinajstić information content (AvgIpc) is 3.24. The van der Waals surface area contributed by atoms with E-state index in [1.165, 1.54) is 66.9 Å².